The molecule has 0 fully saturated rings. The Kier molecular flexibility index (Phi) is 3.45. The lowest BCUT2D eigenvalue weighted by Crippen LogP contribution is -2.41. The molecule has 18 heavy (non-hydrogen) atoms. The number of fused-ring (bicyclic) bond motifs is 1. The molecule has 1 aliphatic rings. The van der Waals surface area contributed by atoms with Gasteiger partial charge in [-0.1, -0.05) is 6.07 Å². The molecule has 0 saturated carbocycles. The van der Waals surface area contributed by atoms with Crippen LogP contribution in [0, 0.1) is 0 Å². The normalized spacial score (nSPS) is 14.2. The second-order valence-electron chi connectivity index (χ2n) is 5.45. The second kappa shape index (κ2) is 4.88. The zero-order valence-corrected chi connectivity index (χ0v) is 11.1. The van der Waals surface area contributed by atoms with Crippen LogP contribution in [0.25, 0.3) is 0 Å². The molecular formula is C14H19NO3. The van der Waals surface area contributed by atoms with Crippen molar-refractivity contribution in [2.75, 3.05) is 13.2 Å². The summed E-state index contributed by atoms with van der Waals surface area (Å²) in [5.41, 5.74) is 0.728. The standard InChI is InChI=1S/C14H19NO3/c1-14(2,3)15-13(16)9-10-4-5-11-12(8-10)18-7-6-17-11/h4-5,8H,6-7,9H2,1-3H3,(H,15,16). The molecule has 1 aliphatic heterocycles. The van der Waals surface area contributed by atoms with E-state index in [1.165, 1.54) is 0 Å². The molecule has 0 bridgehead atoms. The maximum Gasteiger partial charge on any atom is 0.224 e. The number of ether oxygens (including phenoxy) is 2. The molecule has 1 amide bonds. The number of nitrogens with one attached hydrogen (secondary N) is 1. The van der Waals surface area contributed by atoms with E-state index >= 15 is 0 Å². The topological polar surface area (TPSA) is 47.6 Å². The molecule has 4 heteroatoms. The maximum atomic E-state index is 11.8. The third-order valence-corrected chi connectivity index (χ3v) is 2.49. The third kappa shape index (κ3) is 3.39. The van der Waals surface area contributed by atoms with Crippen molar-refractivity contribution in [2.24, 2.45) is 0 Å². The van der Waals surface area contributed by atoms with Crippen molar-refractivity contribution in [3.8, 4) is 11.5 Å². The van der Waals surface area contributed by atoms with Crippen LogP contribution in [-0.2, 0) is 11.2 Å². The number of hydrogen-bond donors (Lipinski definition) is 1. The zero-order valence-electron chi connectivity index (χ0n) is 11.1. The predicted octanol–water partition coefficient (Wildman–Crippen LogP) is 1.92. The molecule has 0 aliphatic carbocycles. The van der Waals surface area contributed by atoms with Gasteiger partial charge in [0.2, 0.25) is 5.91 Å². The van der Waals surface area contributed by atoms with Gasteiger partial charge in [0, 0.05) is 5.54 Å². The number of rotatable bonds is 2. The van der Waals surface area contributed by atoms with E-state index in [2.05, 4.69) is 5.32 Å². The highest BCUT2D eigenvalue weighted by atomic mass is 16.6. The van der Waals surface area contributed by atoms with Crippen molar-refractivity contribution < 1.29 is 14.3 Å². The summed E-state index contributed by atoms with van der Waals surface area (Å²) in [4.78, 5) is 11.8. The number of hydrogen-bond acceptors (Lipinski definition) is 3. The second-order valence-corrected chi connectivity index (χ2v) is 5.45. The monoisotopic (exact) mass is 249 g/mol. The summed E-state index contributed by atoms with van der Waals surface area (Å²) in [7, 11) is 0. The van der Waals surface area contributed by atoms with Crippen LogP contribution < -0.4 is 14.8 Å². The van der Waals surface area contributed by atoms with E-state index < -0.39 is 0 Å². The molecule has 4 nitrogen and oxygen atoms in total. The van der Waals surface area contributed by atoms with Gasteiger partial charge in [-0.3, -0.25) is 4.79 Å². The lowest BCUT2D eigenvalue weighted by molar-refractivity contribution is -0.121. The molecule has 0 saturated heterocycles. The van der Waals surface area contributed by atoms with Gasteiger partial charge in [0.15, 0.2) is 11.5 Å². The van der Waals surface area contributed by atoms with E-state index in [4.69, 9.17) is 9.47 Å². The van der Waals surface area contributed by atoms with Gasteiger partial charge in [-0.05, 0) is 38.5 Å². The molecule has 1 aromatic rings. The molecule has 0 atom stereocenters. The van der Waals surface area contributed by atoms with Gasteiger partial charge in [-0.2, -0.15) is 0 Å². The van der Waals surface area contributed by atoms with Crippen LogP contribution in [0.1, 0.15) is 26.3 Å². The van der Waals surface area contributed by atoms with Crippen LogP contribution >= 0.6 is 0 Å². The maximum absolute atomic E-state index is 11.8. The van der Waals surface area contributed by atoms with Crippen molar-refractivity contribution in [2.45, 2.75) is 32.7 Å². The summed E-state index contributed by atoms with van der Waals surface area (Å²) in [6, 6.07) is 5.63. The minimum Gasteiger partial charge on any atom is -0.486 e. The first kappa shape index (κ1) is 12.7. The van der Waals surface area contributed by atoms with Gasteiger partial charge in [0.25, 0.3) is 0 Å². The summed E-state index contributed by atoms with van der Waals surface area (Å²) in [6.07, 6.45) is 0.355. The summed E-state index contributed by atoms with van der Waals surface area (Å²) in [5.74, 6) is 1.49. The Balaban J connectivity index is 2.04. The lowest BCUT2D eigenvalue weighted by Gasteiger charge is -2.21. The van der Waals surface area contributed by atoms with E-state index in [0.29, 0.717) is 19.6 Å². The van der Waals surface area contributed by atoms with Crippen LogP contribution in [0.4, 0.5) is 0 Å². The van der Waals surface area contributed by atoms with E-state index in [9.17, 15) is 4.79 Å². The predicted molar refractivity (Wildman–Crippen MR) is 69.0 cm³/mol. The molecule has 0 aromatic heterocycles. The quantitative estimate of drug-likeness (QED) is 0.871. The molecule has 0 unspecified atom stereocenters. The number of carbonyl (C=O) groups is 1. The molecular weight excluding hydrogens is 230 g/mol. The average molecular weight is 249 g/mol. The largest absolute Gasteiger partial charge is 0.486 e. The van der Waals surface area contributed by atoms with Crippen LogP contribution in [0.2, 0.25) is 0 Å². The van der Waals surface area contributed by atoms with Crippen molar-refractivity contribution >= 4 is 5.91 Å². The number of carbonyl (C=O) groups excluding carboxylic acids is 1. The van der Waals surface area contributed by atoms with Crippen molar-refractivity contribution in [3.63, 3.8) is 0 Å². The lowest BCUT2D eigenvalue weighted by atomic mass is 10.1. The van der Waals surface area contributed by atoms with Gasteiger partial charge in [-0.15, -0.1) is 0 Å². The van der Waals surface area contributed by atoms with Crippen molar-refractivity contribution in [3.05, 3.63) is 23.8 Å². The third-order valence-electron chi connectivity index (χ3n) is 2.49. The smallest absolute Gasteiger partial charge is 0.224 e. The minimum absolute atomic E-state index is 0.0131. The first-order chi connectivity index (χ1) is 8.44. The van der Waals surface area contributed by atoms with Gasteiger partial charge < -0.3 is 14.8 Å². The zero-order chi connectivity index (χ0) is 13.2. The summed E-state index contributed by atoms with van der Waals surface area (Å²) in [5, 5.41) is 2.94. The Bertz CT molecular complexity index is 449. The van der Waals surface area contributed by atoms with Crippen molar-refractivity contribution in [1.82, 2.24) is 5.32 Å². The van der Waals surface area contributed by atoms with Gasteiger partial charge >= 0.3 is 0 Å². The Hall–Kier alpha value is -1.71. The first-order valence-electron chi connectivity index (χ1n) is 6.13. The van der Waals surface area contributed by atoms with Crippen LogP contribution in [0.5, 0.6) is 11.5 Å². The SMILES string of the molecule is CC(C)(C)NC(=O)Cc1ccc2c(c1)OCCO2. The fourth-order valence-corrected chi connectivity index (χ4v) is 1.85. The number of benzene rings is 1. The highest BCUT2D eigenvalue weighted by Gasteiger charge is 2.16. The Labute approximate surface area is 107 Å². The van der Waals surface area contributed by atoms with Crippen molar-refractivity contribution in [1.29, 1.82) is 0 Å². The van der Waals surface area contributed by atoms with Gasteiger partial charge in [0.1, 0.15) is 13.2 Å². The fourth-order valence-electron chi connectivity index (χ4n) is 1.85. The minimum atomic E-state index is -0.203. The molecule has 98 valence electrons. The Morgan fingerprint density at radius 3 is 2.56 bits per heavy atom. The highest BCUT2D eigenvalue weighted by Crippen LogP contribution is 2.30. The Morgan fingerprint density at radius 1 is 1.22 bits per heavy atom. The first-order valence-corrected chi connectivity index (χ1v) is 6.13. The van der Waals surface area contributed by atoms with E-state index in [1.807, 2.05) is 39.0 Å². The van der Waals surface area contributed by atoms with Crippen LogP contribution in [0.15, 0.2) is 18.2 Å². The summed E-state index contributed by atoms with van der Waals surface area (Å²) >= 11 is 0. The average Bonchev–Trinajstić information content (AvgIpc) is 2.26. The van der Waals surface area contributed by atoms with E-state index in [0.717, 1.165) is 17.1 Å². The summed E-state index contributed by atoms with van der Waals surface area (Å²) in [6.45, 7) is 7.04. The van der Waals surface area contributed by atoms with Crippen LogP contribution in [0.3, 0.4) is 0 Å². The van der Waals surface area contributed by atoms with E-state index in [1.54, 1.807) is 0 Å². The van der Waals surface area contributed by atoms with Gasteiger partial charge in [-0.25, -0.2) is 0 Å². The molecule has 0 radical (unpaired) electrons. The van der Waals surface area contributed by atoms with E-state index in [-0.39, 0.29) is 11.4 Å². The van der Waals surface area contributed by atoms with Crippen LogP contribution in [-0.4, -0.2) is 24.7 Å². The molecule has 1 heterocycles. The summed E-state index contributed by atoms with van der Waals surface area (Å²) < 4.78 is 10.9. The molecule has 0 spiro atoms. The molecule has 1 aromatic carbocycles. The fraction of sp³-hybridized carbons (Fsp3) is 0.500. The Morgan fingerprint density at radius 2 is 1.89 bits per heavy atom. The molecule has 2 rings (SSSR count). The highest BCUT2D eigenvalue weighted by molar-refractivity contribution is 5.79. The van der Waals surface area contributed by atoms with Gasteiger partial charge in [0.05, 0.1) is 6.42 Å². The molecule has 1 N–H and O–H groups in total. The number of amides is 1.